The van der Waals surface area contributed by atoms with Crippen LogP contribution in [0.1, 0.15) is 0 Å². The Morgan fingerprint density at radius 3 is 2.43 bits per heavy atom. The van der Waals surface area contributed by atoms with Gasteiger partial charge in [0.1, 0.15) is 6.04 Å². The van der Waals surface area contributed by atoms with E-state index >= 15 is 0 Å². The lowest BCUT2D eigenvalue weighted by Crippen LogP contribution is -2.31. The fraction of sp³-hybridized carbons (Fsp3) is 0.667. The molecule has 0 bridgehead atoms. The molecule has 0 radical (unpaired) electrons. The minimum atomic E-state index is -1.00. The molecule has 0 aliphatic rings. The predicted octanol–water partition coefficient (Wildman–Crippen LogP) is -0.672. The minimum absolute atomic E-state index is 0.190. The first-order chi connectivity index (χ1) is 3.18. The van der Waals surface area contributed by atoms with Gasteiger partial charge in [-0.1, -0.05) is 0 Å². The lowest BCUT2D eigenvalue weighted by molar-refractivity contribution is -0.137. The Labute approximate surface area is 46.9 Å². The number of carboxylic acid groups (broad SMARTS) is 1. The second-order valence-corrected chi connectivity index (χ2v) is 1.49. The topological polar surface area (TPSA) is 63.3 Å². The number of thiol groups is 1. The maximum Gasteiger partial charge on any atom is 0.321 e. The van der Waals surface area contributed by atoms with Gasteiger partial charge in [0.25, 0.3) is 0 Å². The fourth-order valence-electron chi connectivity index (χ4n) is 0.0781. The summed E-state index contributed by atoms with van der Waals surface area (Å²) in [6, 6.07) is -0.816. The van der Waals surface area contributed by atoms with Gasteiger partial charge in [-0.25, -0.2) is 0 Å². The number of rotatable bonds is 2. The van der Waals surface area contributed by atoms with Crippen molar-refractivity contribution in [3.63, 3.8) is 0 Å². The van der Waals surface area contributed by atoms with Crippen molar-refractivity contribution in [1.82, 2.24) is 0 Å². The average molecular weight is 122 g/mol. The van der Waals surface area contributed by atoms with E-state index in [0.29, 0.717) is 0 Å². The maximum absolute atomic E-state index is 9.76. The van der Waals surface area contributed by atoms with Crippen LogP contribution in [0.3, 0.4) is 0 Å². The summed E-state index contributed by atoms with van der Waals surface area (Å²) in [5, 5.41) is 8.01. The van der Waals surface area contributed by atoms with Crippen LogP contribution in [0.15, 0.2) is 0 Å². The van der Waals surface area contributed by atoms with Crippen molar-refractivity contribution >= 4 is 18.6 Å². The molecule has 1 atom stereocenters. The molecule has 0 aromatic heterocycles. The lowest BCUT2D eigenvalue weighted by Gasteiger charge is -1.96. The van der Waals surface area contributed by atoms with E-state index in [-0.39, 0.29) is 5.75 Å². The molecule has 0 amide bonds. The summed E-state index contributed by atoms with van der Waals surface area (Å²) in [6.45, 7) is 0. The molecule has 7 heavy (non-hydrogen) atoms. The van der Waals surface area contributed by atoms with Gasteiger partial charge in [-0.2, -0.15) is 12.6 Å². The first kappa shape index (κ1) is 6.78. The second kappa shape index (κ2) is 2.87. The summed E-state index contributed by atoms with van der Waals surface area (Å²) in [6.07, 6.45) is 0. The van der Waals surface area contributed by atoms with Crippen molar-refractivity contribution in [1.29, 1.82) is 0 Å². The van der Waals surface area contributed by atoms with Crippen molar-refractivity contribution in [2.75, 3.05) is 5.75 Å². The van der Waals surface area contributed by atoms with Crippen molar-refractivity contribution in [3.8, 4) is 0 Å². The number of aliphatic carboxylic acids is 1. The Morgan fingerprint density at radius 1 is 2.00 bits per heavy atom. The summed E-state index contributed by atoms with van der Waals surface area (Å²) in [7, 11) is 0. The molecule has 0 rings (SSSR count). The monoisotopic (exact) mass is 122 g/mol. The minimum Gasteiger partial charge on any atom is -0.480 e. The number of hydrogen-bond acceptors (Lipinski definition) is 3. The molecule has 0 fully saturated rings. The molecule has 0 saturated carbocycles. The molecule has 0 aromatic rings. The zero-order valence-corrected chi connectivity index (χ0v) is 4.56. The van der Waals surface area contributed by atoms with Gasteiger partial charge < -0.3 is 10.8 Å². The highest BCUT2D eigenvalue weighted by molar-refractivity contribution is 7.80. The van der Waals surface area contributed by atoms with Crippen LogP contribution in [0.4, 0.5) is 0 Å². The molecule has 4 heteroatoms. The van der Waals surface area contributed by atoms with Gasteiger partial charge in [0, 0.05) is 5.75 Å². The molecule has 3 nitrogen and oxygen atoms in total. The van der Waals surface area contributed by atoms with Gasteiger partial charge in [0.05, 0.1) is 0 Å². The van der Waals surface area contributed by atoms with E-state index in [9.17, 15) is 4.79 Å². The van der Waals surface area contributed by atoms with E-state index in [1.807, 2.05) is 0 Å². The van der Waals surface area contributed by atoms with Crippen molar-refractivity contribution in [2.45, 2.75) is 6.04 Å². The predicted molar refractivity (Wildman–Crippen MR) is 29.5 cm³/mol. The van der Waals surface area contributed by atoms with E-state index in [2.05, 4.69) is 12.6 Å². The molecule has 0 spiro atoms. The largest absolute Gasteiger partial charge is 0.480 e. The molecular weight excluding hydrogens is 115 g/mol. The van der Waals surface area contributed by atoms with Crippen LogP contribution in [0.2, 0.25) is 0 Å². The average Bonchev–Trinajstić information content (AvgIpc) is 1.65. The highest BCUT2D eigenvalue weighted by Gasteiger charge is 2.06. The number of carboxylic acids is 1. The van der Waals surface area contributed by atoms with E-state index in [4.69, 9.17) is 10.8 Å². The Bertz CT molecular complexity index is 75.3. The zero-order chi connectivity index (χ0) is 5.86. The normalized spacial score (nSPS) is 13.4. The summed E-state index contributed by atoms with van der Waals surface area (Å²) >= 11 is 3.65. The van der Waals surface area contributed by atoms with Crippen LogP contribution in [0, 0.1) is 0 Å². The van der Waals surface area contributed by atoms with Crippen LogP contribution in [0.25, 0.3) is 0 Å². The van der Waals surface area contributed by atoms with Gasteiger partial charge >= 0.3 is 5.97 Å². The zero-order valence-electron chi connectivity index (χ0n) is 3.66. The third-order valence-electron chi connectivity index (χ3n) is 0.514. The van der Waals surface area contributed by atoms with Crippen molar-refractivity contribution < 1.29 is 9.90 Å². The van der Waals surface area contributed by atoms with E-state index in [1.54, 1.807) is 0 Å². The van der Waals surface area contributed by atoms with Gasteiger partial charge in [-0.15, -0.1) is 0 Å². The smallest absolute Gasteiger partial charge is 0.321 e. The van der Waals surface area contributed by atoms with Gasteiger partial charge in [-0.05, 0) is 0 Å². The quantitative estimate of drug-likeness (QED) is 0.425. The lowest BCUT2D eigenvalue weighted by atomic mass is 10.4. The van der Waals surface area contributed by atoms with Crippen LogP contribution >= 0.6 is 12.6 Å². The molecule has 0 aliphatic heterocycles. The molecule has 0 aromatic carbocycles. The van der Waals surface area contributed by atoms with Crippen molar-refractivity contribution in [2.24, 2.45) is 5.73 Å². The number of carbonyl (C=O) groups is 1. The maximum atomic E-state index is 9.76. The third kappa shape index (κ3) is 2.47. The Balaban J connectivity index is 3.34. The highest BCUT2D eigenvalue weighted by atomic mass is 33.0. The molecule has 0 saturated heterocycles. The SMILES string of the molecule is N[C@@H](C[33SH])C(=O)O. The summed E-state index contributed by atoms with van der Waals surface area (Å²) in [5.41, 5.74) is 4.94. The van der Waals surface area contributed by atoms with E-state index in [1.165, 1.54) is 0 Å². The fourth-order valence-corrected chi connectivity index (χ4v) is 0.234. The van der Waals surface area contributed by atoms with E-state index in [0.717, 1.165) is 0 Å². The van der Waals surface area contributed by atoms with Crippen LogP contribution in [-0.4, -0.2) is 22.9 Å². The van der Waals surface area contributed by atoms with Gasteiger partial charge in [0.15, 0.2) is 0 Å². The first-order valence-electron chi connectivity index (χ1n) is 1.77. The molecule has 0 unspecified atom stereocenters. The summed E-state index contributed by atoms with van der Waals surface area (Å²) < 4.78 is 0. The van der Waals surface area contributed by atoms with Crippen molar-refractivity contribution in [3.05, 3.63) is 0 Å². The van der Waals surface area contributed by atoms with Crippen LogP contribution < -0.4 is 5.73 Å². The van der Waals surface area contributed by atoms with Crippen LogP contribution in [0.5, 0.6) is 0 Å². The highest BCUT2D eigenvalue weighted by Crippen LogP contribution is 1.80. The Hall–Kier alpha value is -0.220. The number of nitrogens with two attached hydrogens (primary N) is 1. The summed E-state index contributed by atoms with van der Waals surface area (Å²) in [5.74, 6) is -0.815. The molecule has 42 valence electrons. The standard InChI is InChI=1S/C3H7NO2S/c4-2(1-7)3(5)6/h2,7H,1,4H2,(H,5,6)/t2-/m0/s1/i7+1. The second-order valence-electron chi connectivity index (χ2n) is 1.13. The van der Waals surface area contributed by atoms with Gasteiger partial charge in [-0.3, -0.25) is 4.79 Å². The third-order valence-corrected chi connectivity index (χ3v) is 0.907. The molecular formula is C3H7NO2S. The molecule has 0 aliphatic carbocycles. The Morgan fingerprint density at radius 2 is 2.43 bits per heavy atom. The Kier molecular flexibility index (Phi) is 2.78. The van der Waals surface area contributed by atoms with E-state index < -0.39 is 12.0 Å². The summed E-state index contributed by atoms with van der Waals surface area (Å²) in [4.78, 5) is 9.76. The van der Waals surface area contributed by atoms with Gasteiger partial charge in [0.2, 0.25) is 0 Å². The van der Waals surface area contributed by atoms with Crippen LogP contribution in [-0.2, 0) is 4.79 Å². The molecule has 3 N–H and O–H groups in total. The number of hydrogen-bond donors (Lipinski definition) is 3. The first-order valence-corrected chi connectivity index (χ1v) is 2.41. The molecule has 0 heterocycles.